The monoisotopic (exact) mass is 273 g/mol. The summed E-state index contributed by atoms with van der Waals surface area (Å²) in [5.74, 6) is 1.38. The molecule has 4 aliphatic rings. The van der Waals surface area contributed by atoms with Crippen molar-refractivity contribution < 1.29 is 9.59 Å². The lowest BCUT2D eigenvalue weighted by Gasteiger charge is -2.49. The van der Waals surface area contributed by atoms with Crippen LogP contribution in [0.2, 0.25) is 0 Å². The van der Waals surface area contributed by atoms with Gasteiger partial charge in [-0.1, -0.05) is 35.5 Å². The summed E-state index contributed by atoms with van der Waals surface area (Å²) in [7, 11) is 0. The number of nitrogens with one attached hydrogen (secondary N) is 1. The third kappa shape index (κ3) is 1.59. The number of carbonyl (C=O) groups excluding carboxylic acids is 2. The second-order valence-electron chi connectivity index (χ2n) is 5.90. The Morgan fingerprint density at radius 2 is 2.00 bits per heavy atom. The minimum atomic E-state index is -0.222. The first-order valence-electron chi connectivity index (χ1n) is 6.75. The zero-order valence-electron chi connectivity index (χ0n) is 10.7. The molecular formula is C15H15NO2S. The number of thioether (sulfide) groups is 1. The van der Waals surface area contributed by atoms with Crippen LogP contribution < -0.4 is 5.32 Å². The van der Waals surface area contributed by atoms with E-state index in [-0.39, 0.29) is 22.3 Å². The van der Waals surface area contributed by atoms with E-state index in [0.717, 1.165) is 0 Å². The van der Waals surface area contributed by atoms with Crippen LogP contribution in [0.1, 0.15) is 41.4 Å². The van der Waals surface area contributed by atoms with Crippen LogP contribution in [-0.2, 0) is 4.79 Å². The van der Waals surface area contributed by atoms with E-state index in [2.05, 4.69) is 30.4 Å². The fraction of sp³-hybridized carbons (Fsp3) is 0.467. The maximum atomic E-state index is 12.0. The van der Waals surface area contributed by atoms with E-state index in [9.17, 15) is 9.59 Å². The van der Waals surface area contributed by atoms with Gasteiger partial charge in [0.15, 0.2) is 0 Å². The summed E-state index contributed by atoms with van der Waals surface area (Å²) in [6, 6.07) is 6.56. The first-order chi connectivity index (χ1) is 9.13. The lowest BCUT2D eigenvalue weighted by atomic mass is 9.56. The molecule has 2 unspecified atom stereocenters. The molecule has 1 N–H and O–H groups in total. The highest BCUT2D eigenvalue weighted by Gasteiger charge is 2.51. The van der Waals surface area contributed by atoms with Gasteiger partial charge in [0.1, 0.15) is 5.25 Å². The Hall–Kier alpha value is -1.29. The van der Waals surface area contributed by atoms with E-state index < -0.39 is 0 Å². The van der Waals surface area contributed by atoms with Gasteiger partial charge in [-0.3, -0.25) is 14.9 Å². The molecular weight excluding hydrogens is 258 g/mol. The number of hydrogen-bond donors (Lipinski definition) is 1. The van der Waals surface area contributed by atoms with Gasteiger partial charge < -0.3 is 0 Å². The van der Waals surface area contributed by atoms with Gasteiger partial charge in [0.2, 0.25) is 5.91 Å². The number of amides is 2. The van der Waals surface area contributed by atoms with Crippen LogP contribution in [-0.4, -0.2) is 16.4 Å². The molecule has 0 radical (unpaired) electrons. The van der Waals surface area contributed by atoms with Crippen molar-refractivity contribution in [1.82, 2.24) is 5.32 Å². The Kier molecular flexibility index (Phi) is 2.34. The molecule has 98 valence electrons. The molecule has 2 atom stereocenters. The van der Waals surface area contributed by atoms with Gasteiger partial charge >= 0.3 is 0 Å². The van der Waals surface area contributed by atoms with E-state index >= 15 is 0 Å². The summed E-state index contributed by atoms with van der Waals surface area (Å²) in [6.07, 6.45) is 2.36. The number of benzene rings is 1. The van der Waals surface area contributed by atoms with Crippen molar-refractivity contribution in [2.75, 3.05) is 0 Å². The maximum Gasteiger partial charge on any atom is 0.286 e. The molecule has 4 heteroatoms. The number of imide groups is 1. The molecule has 1 saturated carbocycles. The molecule has 2 bridgehead atoms. The quantitative estimate of drug-likeness (QED) is 0.855. The van der Waals surface area contributed by atoms with Crippen molar-refractivity contribution >= 4 is 22.9 Å². The van der Waals surface area contributed by atoms with Gasteiger partial charge in [0.25, 0.3) is 5.24 Å². The van der Waals surface area contributed by atoms with Gasteiger partial charge in [0, 0.05) is 5.92 Å². The van der Waals surface area contributed by atoms with Crippen LogP contribution in [0.4, 0.5) is 4.79 Å². The third-order valence-electron chi connectivity index (χ3n) is 4.77. The van der Waals surface area contributed by atoms with Crippen LogP contribution >= 0.6 is 11.8 Å². The van der Waals surface area contributed by atoms with E-state index in [1.54, 1.807) is 0 Å². The molecule has 0 spiro atoms. The fourth-order valence-electron chi connectivity index (χ4n) is 3.83. The molecule has 1 aromatic carbocycles. The predicted octanol–water partition coefficient (Wildman–Crippen LogP) is 2.94. The average Bonchev–Trinajstić information content (AvgIpc) is 2.65. The molecule has 5 rings (SSSR count). The van der Waals surface area contributed by atoms with Gasteiger partial charge in [-0.15, -0.1) is 0 Å². The molecule has 3 aliphatic carbocycles. The van der Waals surface area contributed by atoms with Gasteiger partial charge in [0.05, 0.1) is 0 Å². The molecule has 19 heavy (non-hydrogen) atoms. The molecule has 2 amide bonds. The summed E-state index contributed by atoms with van der Waals surface area (Å²) in [5.41, 5.74) is 4.00. The number of rotatable bonds is 1. The number of carbonyl (C=O) groups is 2. The minimum absolute atomic E-state index is 0.100. The van der Waals surface area contributed by atoms with Crippen molar-refractivity contribution in [2.24, 2.45) is 5.92 Å². The normalized spacial score (nSPS) is 35.6. The fourth-order valence-corrected chi connectivity index (χ4v) is 4.90. The molecule has 1 saturated heterocycles. The van der Waals surface area contributed by atoms with Gasteiger partial charge in [-0.05, 0) is 42.7 Å². The maximum absolute atomic E-state index is 12.0. The SMILES string of the molecule is Cc1ccc2c(c1)C1CC(C1)C2C1SC(=O)NC1=O. The number of aryl methyl sites for hydroxylation is 1. The molecule has 1 aliphatic heterocycles. The van der Waals surface area contributed by atoms with Gasteiger partial charge in [-0.2, -0.15) is 0 Å². The average molecular weight is 273 g/mol. The molecule has 2 fully saturated rings. The van der Waals surface area contributed by atoms with Crippen LogP contribution in [0.15, 0.2) is 18.2 Å². The second kappa shape index (κ2) is 3.85. The van der Waals surface area contributed by atoms with Crippen molar-refractivity contribution in [2.45, 2.75) is 36.9 Å². The summed E-state index contributed by atoms with van der Waals surface area (Å²) in [4.78, 5) is 23.4. The Morgan fingerprint density at radius 3 is 2.68 bits per heavy atom. The lowest BCUT2D eigenvalue weighted by molar-refractivity contribution is -0.119. The highest BCUT2D eigenvalue weighted by molar-refractivity contribution is 8.15. The Balaban J connectivity index is 1.78. The predicted molar refractivity (Wildman–Crippen MR) is 74.3 cm³/mol. The summed E-state index contributed by atoms with van der Waals surface area (Å²) in [5, 5.41) is 2.02. The summed E-state index contributed by atoms with van der Waals surface area (Å²) in [6.45, 7) is 2.11. The smallest absolute Gasteiger partial charge is 0.286 e. The van der Waals surface area contributed by atoms with Crippen molar-refractivity contribution in [3.8, 4) is 0 Å². The highest BCUT2D eigenvalue weighted by Crippen LogP contribution is 2.58. The highest BCUT2D eigenvalue weighted by atomic mass is 32.2. The van der Waals surface area contributed by atoms with Gasteiger partial charge in [-0.25, -0.2) is 0 Å². The van der Waals surface area contributed by atoms with Crippen LogP contribution in [0.25, 0.3) is 0 Å². The van der Waals surface area contributed by atoms with E-state index in [0.29, 0.717) is 11.8 Å². The Bertz CT molecular complexity index is 592. The standard InChI is InChI=1S/C15H15NO2S/c1-7-2-3-10-11(4-7)8-5-9(6-8)12(10)13-14(17)16-15(18)19-13/h2-4,8-9,12-13H,5-6H2,1H3,(H,16,17,18). The molecule has 3 nitrogen and oxygen atoms in total. The van der Waals surface area contributed by atoms with E-state index in [1.807, 2.05) is 0 Å². The number of hydrogen-bond acceptors (Lipinski definition) is 3. The van der Waals surface area contributed by atoms with Crippen molar-refractivity contribution in [1.29, 1.82) is 0 Å². The van der Waals surface area contributed by atoms with Crippen molar-refractivity contribution in [3.63, 3.8) is 0 Å². The molecule has 1 heterocycles. The molecule has 1 aromatic rings. The summed E-state index contributed by atoms with van der Waals surface area (Å²) < 4.78 is 0. The van der Waals surface area contributed by atoms with Crippen LogP contribution in [0.3, 0.4) is 0 Å². The van der Waals surface area contributed by atoms with Crippen molar-refractivity contribution in [3.05, 3.63) is 34.9 Å². The Labute approximate surface area is 116 Å². The third-order valence-corrected chi connectivity index (χ3v) is 5.84. The largest absolute Gasteiger partial charge is 0.286 e. The van der Waals surface area contributed by atoms with Crippen LogP contribution in [0.5, 0.6) is 0 Å². The lowest BCUT2D eigenvalue weighted by Crippen LogP contribution is -2.41. The zero-order chi connectivity index (χ0) is 13.1. The zero-order valence-corrected chi connectivity index (χ0v) is 11.5. The second-order valence-corrected chi connectivity index (χ2v) is 7.02. The molecule has 0 aromatic heterocycles. The van der Waals surface area contributed by atoms with Crippen LogP contribution in [0, 0.1) is 12.8 Å². The summed E-state index contributed by atoms with van der Waals surface area (Å²) >= 11 is 1.18. The first kappa shape index (κ1) is 11.5. The van der Waals surface area contributed by atoms with E-state index in [4.69, 9.17) is 0 Å². The van der Waals surface area contributed by atoms with E-state index in [1.165, 1.54) is 41.3 Å². The minimum Gasteiger partial charge on any atom is -0.286 e. The Morgan fingerprint density at radius 1 is 1.21 bits per heavy atom. The first-order valence-corrected chi connectivity index (χ1v) is 7.63. The topological polar surface area (TPSA) is 46.2 Å².